The lowest BCUT2D eigenvalue weighted by Crippen LogP contribution is -2.38. The van der Waals surface area contributed by atoms with Crippen LogP contribution < -0.4 is 0 Å². The molecule has 0 unspecified atom stereocenters. The summed E-state index contributed by atoms with van der Waals surface area (Å²) in [5.74, 6) is 0. The molecule has 1 amide bonds. The van der Waals surface area contributed by atoms with E-state index in [1.54, 1.807) is 4.90 Å². The van der Waals surface area contributed by atoms with Crippen LogP contribution in [0.15, 0.2) is 28.7 Å². The van der Waals surface area contributed by atoms with Crippen molar-refractivity contribution in [2.45, 2.75) is 44.6 Å². The normalized spacial score (nSPS) is 16.6. The van der Waals surface area contributed by atoms with E-state index in [1.807, 2.05) is 27.8 Å². The standard InChI is InChI=1S/C16H22BrNO2/c1-15(2,3)20-14(19)18(4)11-16(9-10-16)12-5-7-13(17)8-6-12/h5-8H,9-11H2,1-4H3. The fourth-order valence-electron chi connectivity index (χ4n) is 2.35. The van der Waals surface area contributed by atoms with Crippen LogP contribution in [0.5, 0.6) is 0 Å². The van der Waals surface area contributed by atoms with Gasteiger partial charge in [0, 0.05) is 23.5 Å². The maximum absolute atomic E-state index is 12.0. The van der Waals surface area contributed by atoms with Gasteiger partial charge in [0.25, 0.3) is 0 Å². The van der Waals surface area contributed by atoms with Gasteiger partial charge in [-0.1, -0.05) is 28.1 Å². The Morgan fingerprint density at radius 1 is 1.30 bits per heavy atom. The fraction of sp³-hybridized carbons (Fsp3) is 0.562. The molecule has 4 heteroatoms. The molecular formula is C16H22BrNO2. The van der Waals surface area contributed by atoms with E-state index in [4.69, 9.17) is 4.74 Å². The average molecular weight is 340 g/mol. The van der Waals surface area contributed by atoms with Crippen molar-refractivity contribution in [3.05, 3.63) is 34.3 Å². The van der Waals surface area contributed by atoms with Crippen LogP contribution in [0.1, 0.15) is 39.2 Å². The second-order valence-electron chi connectivity index (χ2n) is 6.62. The first-order valence-corrected chi connectivity index (χ1v) is 7.71. The number of rotatable bonds is 3. The maximum atomic E-state index is 12.0. The Bertz CT molecular complexity index is 486. The van der Waals surface area contributed by atoms with Crippen LogP contribution in [-0.4, -0.2) is 30.2 Å². The lowest BCUT2D eigenvalue weighted by Gasteiger charge is -2.28. The Balaban J connectivity index is 2.02. The van der Waals surface area contributed by atoms with E-state index < -0.39 is 5.60 Å². The summed E-state index contributed by atoms with van der Waals surface area (Å²) in [6.45, 7) is 6.38. The third-order valence-electron chi connectivity index (χ3n) is 3.56. The molecule has 0 spiro atoms. The van der Waals surface area contributed by atoms with Crippen molar-refractivity contribution >= 4 is 22.0 Å². The summed E-state index contributed by atoms with van der Waals surface area (Å²) in [5, 5.41) is 0. The van der Waals surface area contributed by atoms with E-state index in [1.165, 1.54) is 5.56 Å². The van der Waals surface area contributed by atoms with Crippen LogP contribution in [0, 0.1) is 0 Å². The lowest BCUT2D eigenvalue weighted by molar-refractivity contribution is 0.0283. The molecule has 0 N–H and O–H groups in total. The summed E-state index contributed by atoms with van der Waals surface area (Å²) in [5.41, 5.74) is 0.975. The van der Waals surface area contributed by atoms with Crippen molar-refractivity contribution in [3.8, 4) is 0 Å². The van der Waals surface area contributed by atoms with Crippen molar-refractivity contribution in [2.75, 3.05) is 13.6 Å². The third-order valence-corrected chi connectivity index (χ3v) is 4.08. The van der Waals surface area contributed by atoms with Gasteiger partial charge in [0.15, 0.2) is 0 Å². The molecule has 0 aromatic heterocycles. The molecule has 0 aliphatic heterocycles. The van der Waals surface area contributed by atoms with Crippen molar-refractivity contribution in [1.82, 2.24) is 4.90 Å². The molecule has 1 aliphatic carbocycles. The van der Waals surface area contributed by atoms with E-state index in [-0.39, 0.29) is 11.5 Å². The highest BCUT2D eigenvalue weighted by Gasteiger charge is 2.46. The molecule has 0 heterocycles. The van der Waals surface area contributed by atoms with Crippen LogP contribution in [0.4, 0.5) is 4.79 Å². The second-order valence-corrected chi connectivity index (χ2v) is 7.54. The molecule has 1 saturated carbocycles. The van der Waals surface area contributed by atoms with Gasteiger partial charge in [0.1, 0.15) is 5.60 Å². The first kappa shape index (κ1) is 15.4. The SMILES string of the molecule is CN(CC1(c2ccc(Br)cc2)CC1)C(=O)OC(C)(C)C. The number of hydrogen-bond acceptors (Lipinski definition) is 2. The van der Waals surface area contributed by atoms with E-state index in [9.17, 15) is 4.79 Å². The van der Waals surface area contributed by atoms with Gasteiger partial charge < -0.3 is 9.64 Å². The Kier molecular flexibility index (Phi) is 4.14. The minimum atomic E-state index is -0.445. The average Bonchev–Trinajstić information content (AvgIpc) is 3.08. The first-order chi connectivity index (χ1) is 9.22. The van der Waals surface area contributed by atoms with Crippen molar-refractivity contribution in [2.24, 2.45) is 0 Å². The Hall–Kier alpha value is -1.03. The van der Waals surface area contributed by atoms with Crippen LogP contribution in [0.2, 0.25) is 0 Å². The van der Waals surface area contributed by atoms with Gasteiger partial charge in [-0.2, -0.15) is 0 Å². The summed E-state index contributed by atoms with van der Waals surface area (Å²) < 4.78 is 6.49. The maximum Gasteiger partial charge on any atom is 0.410 e. The van der Waals surface area contributed by atoms with Gasteiger partial charge in [0.05, 0.1) is 0 Å². The largest absolute Gasteiger partial charge is 0.444 e. The van der Waals surface area contributed by atoms with Gasteiger partial charge in [-0.25, -0.2) is 4.79 Å². The molecule has 20 heavy (non-hydrogen) atoms. The summed E-state index contributed by atoms with van der Waals surface area (Å²) in [4.78, 5) is 13.7. The molecule has 1 aromatic rings. The fourth-order valence-corrected chi connectivity index (χ4v) is 2.62. The van der Waals surface area contributed by atoms with E-state index in [2.05, 4.69) is 40.2 Å². The van der Waals surface area contributed by atoms with Gasteiger partial charge in [-0.05, 0) is 51.3 Å². The summed E-state index contributed by atoms with van der Waals surface area (Å²) in [7, 11) is 1.81. The zero-order valence-corrected chi connectivity index (χ0v) is 14.2. The lowest BCUT2D eigenvalue weighted by atomic mass is 9.95. The number of nitrogens with zero attached hydrogens (tertiary/aromatic N) is 1. The molecule has 0 saturated heterocycles. The van der Waals surface area contributed by atoms with E-state index >= 15 is 0 Å². The number of ether oxygens (including phenoxy) is 1. The molecule has 1 aromatic carbocycles. The van der Waals surface area contributed by atoms with Gasteiger partial charge in [-0.3, -0.25) is 0 Å². The minimum absolute atomic E-state index is 0.117. The van der Waals surface area contributed by atoms with Gasteiger partial charge >= 0.3 is 6.09 Å². The molecule has 2 rings (SSSR count). The molecular weight excluding hydrogens is 318 g/mol. The predicted octanol–water partition coefficient (Wildman–Crippen LogP) is 4.35. The molecule has 1 aliphatic rings. The van der Waals surface area contributed by atoms with Crippen LogP contribution in [-0.2, 0) is 10.2 Å². The zero-order chi connectivity index (χ0) is 15.0. The number of hydrogen-bond donors (Lipinski definition) is 0. The minimum Gasteiger partial charge on any atom is -0.444 e. The first-order valence-electron chi connectivity index (χ1n) is 6.92. The Morgan fingerprint density at radius 3 is 2.30 bits per heavy atom. The Morgan fingerprint density at radius 2 is 1.85 bits per heavy atom. The number of halogens is 1. The molecule has 0 radical (unpaired) electrons. The van der Waals surface area contributed by atoms with Crippen LogP contribution >= 0.6 is 15.9 Å². The topological polar surface area (TPSA) is 29.5 Å². The van der Waals surface area contributed by atoms with E-state index in [0.29, 0.717) is 6.54 Å². The monoisotopic (exact) mass is 339 g/mol. The third kappa shape index (κ3) is 3.75. The highest BCUT2D eigenvalue weighted by molar-refractivity contribution is 9.10. The Labute approximate surface area is 129 Å². The molecule has 0 atom stereocenters. The van der Waals surface area contributed by atoms with Crippen molar-refractivity contribution < 1.29 is 9.53 Å². The highest BCUT2D eigenvalue weighted by atomic mass is 79.9. The zero-order valence-electron chi connectivity index (χ0n) is 12.6. The number of benzene rings is 1. The van der Waals surface area contributed by atoms with Crippen LogP contribution in [0.3, 0.4) is 0 Å². The number of carbonyl (C=O) groups excluding carboxylic acids is 1. The van der Waals surface area contributed by atoms with Gasteiger partial charge in [-0.15, -0.1) is 0 Å². The molecule has 0 bridgehead atoms. The van der Waals surface area contributed by atoms with Crippen molar-refractivity contribution in [3.63, 3.8) is 0 Å². The quantitative estimate of drug-likeness (QED) is 0.819. The molecule has 1 fully saturated rings. The smallest absolute Gasteiger partial charge is 0.410 e. The predicted molar refractivity (Wildman–Crippen MR) is 83.9 cm³/mol. The summed E-state index contributed by atoms with van der Waals surface area (Å²) in [6.07, 6.45) is 2.00. The van der Waals surface area contributed by atoms with Gasteiger partial charge in [0.2, 0.25) is 0 Å². The number of likely N-dealkylation sites (N-methyl/N-ethyl adjacent to an activating group) is 1. The second kappa shape index (κ2) is 5.40. The molecule has 3 nitrogen and oxygen atoms in total. The summed E-state index contributed by atoms with van der Waals surface area (Å²) >= 11 is 3.46. The van der Waals surface area contributed by atoms with Crippen LogP contribution in [0.25, 0.3) is 0 Å². The number of carbonyl (C=O) groups is 1. The highest BCUT2D eigenvalue weighted by Crippen LogP contribution is 2.48. The van der Waals surface area contributed by atoms with E-state index in [0.717, 1.165) is 17.3 Å². The molecule has 110 valence electrons. The van der Waals surface area contributed by atoms with Crippen molar-refractivity contribution in [1.29, 1.82) is 0 Å². The number of amides is 1. The summed E-state index contributed by atoms with van der Waals surface area (Å²) in [6, 6.07) is 8.39.